The molecule has 1 unspecified atom stereocenters. The smallest absolute Gasteiger partial charge is 0.119 e. The number of aryl methyl sites for hydroxylation is 1. The van der Waals surface area contributed by atoms with E-state index in [2.05, 4.69) is 45.1 Å². The zero-order chi connectivity index (χ0) is 15.7. The summed E-state index contributed by atoms with van der Waals surface area (Å²) in [7, 11) is 0. The first kappa shape index (κ1) is 18.0. The van der Waals surface area contributed by atoms with Crippen molar-refractivity contribution in [2.24, 2.45) is 0 Å². The normalized spacial score (nSPS) is 14.2. The van der Waals surface area contributed by atoms with Crippen molar-refractivity contribution in [3.63, 3.8) is 0 Å². The summed E-state index contributed by atoms with van der Waals surface area (Å²) in [4.78, 5) is 0. The van der Waals surface area contributed by atoms with Crippen LogP contribution in [-0.4, -0.2) is 29.9 Å². The molecule has 0 bridgehead atoms. The maximum atomic E-state index is 9.52. The van der Waals surface area contributed by atoms with E-state index in [-0.39, 0.29) is 12.1 Å². The largest absolute Gasteiger partial charge is 0.494 e. The van der Waals surface area contributed by atoms with E-state index in [1.807, 2.05) is 12.1 Å². The summed E-state index contributed by atoms with van der Waals surface area (Å²) in [6.45, 7) is 9.35. The van der Waals surface area contributed by atoms with Crippen LogP contribution in [-0.2, 0) is 6.42 Å². The minimum atomic E-state index is -0.184. The van der Waals surface area contributed by atoms with Crippen molar-refractivity contribution >= 4 is 0 Å². The van der Waals surface area contributed by atoms with E-state index in [9.17, 15) is 5.11 Å². The van der Waals surface area contributed by atoms with Gasteiger partial charge in [0.25, 0.3) is 0 Å². The Kier molecular flexibility index (Phi) is 7.76. The third-order valence-electron chi connectivity index (χ3n) is 3.71. The van der Waals surface area contributed by atoms with Gasteiger partial charge in [-0.05, 0) is 50.3 Å². The van der Waals surface area contributed by atoms with Crippen LogP contribution in [0.1, 0.15) is 52.5 Å². The predicted molar refractivity (Wildman–Crippen MR) is 88.9 cm³/mol. The Morgan fingerprint density at radius 1 is 1.19 bits per heavy atom. The van der Waals surface area contributed by atoms with E-state index in [1.54, 1.807) is 0 Å². The van der Waals surface area contributed by atoms with E-state index >= 15 is 0 Å². The van der Waals surface area contributed by atoms with Crippen LogP contribution in [0.15, 0.2) is 24.3 Å². The Labute approximate surface area is 129 Å². The first-order valence-electron chi connectivity index (χ1n) is 8.09. The highest BCUT2D eigenvalue weighted by atomic mass is 16.5. The second kappa shape index (κ2) is 9.06. The fraction of sp³-hybridized carbons (Fsp3) is 0.667. The Morgan fingerprint density at radius 3 is 2.38 bits per heavy atom. The van der Waals surface area contributed by atoms with Gasteiger partial charge in [-0.2, -0.15) is 0 Å². The number of benzene rings is 1. The molecule has 1 atom stereocenters. The van der Waals surface area contributed by atoms with Gasteiger partial charge in [-0.1, -0.05) is 32.9 Å². The van der Waals surface area contributed by atoms with Gasteiger partial charge in [0, 0.05) is 11.6 Å². The summed E-state index contributed by atoms with van der Waals surface area (Å²) < 4.78 is 5.75. The first-order valence-corrected chi connectivity index (χ1v) is 8.09. The lowest BCUT2D eigenvalue weighted by molar-refractivity contribution is 0.152. The molecular formula is C18H31NO2. The number of hydrogen-bond donors (Lipinski definition) is 2. The molecule has 0 amide bonds. The number of ether oxygens (including phenoxy) is 1. The van der Waals surface area contributed by atoms with Gasteiger partial charge in [0.05, 0.1) is 13.2 Å². The molecule has 0 aliphatic heterocycles. The van der Waals surface area contributed by atoms with E-state index in [0.717, 1.165) is 38.0 Å². The highest BCUT2D eigenvalue weighted by molar-refractivity contribution is 5.27. The van der Waals surface area contributed by atoms with Crippen molar-refractivity contribution in [3.05, 3.63) is 29.8 Å². The molecular weight excluding hydrogens is 262 g/mol. The van der Waals surface area contributed by atoms with Gasteiger partial charge in [-0.15, -0.1) is 0 Å². The van der Waals surface area contributed by atoms with Gasteiger partial charge in [0.1, 0.15) is 5.75 Å². The molecule has 1 aromatic rings. The molecule has 0 heterocycles. The third-order valence-corrected chi connectivity index (χ3v) is 3.71. The highest BCUT2D eigenvalue weighted by Crippen LogP contribution is 2.16. The van der Waals surface area contributed by atoms with Crippen molar-refractivity contribution in [2.45, 2.75) is 65.0 Å². The molecule has 0 aliphatic carbocycles. The average molecular weight is 293 g/mol. The Morgan fingerprint density at radius 2 is 1.86 bits per heavy atom. The topological polar surface area (TPSA) is 41.5 Å². The van der Waals surface area contributed by atoms with Gasteiger partial charge in [0.15, 0.2) is 0 Å². The molecule has 21 heavy (non-hydrogen) atoms. The van der Waals surface area contributed by atoms with Gasteiger partial charge >= 0.3 is 0 Å². The van der Waals surface area contributed by atoms with Crippen molar-refractivity contribution < 1.29 is 9.84 Å². The fourth-order valence-electron chi connectivity index (χ4n) is 2.52. The van der Waals surface area contributed by atoms with Gasteiger partial charge in [-0.25, -0.2) is 0 Å². The van der Waals surface area contributed by atoms with Crippen LogP contribution in [0.3, 0.4) is 0 Å². The van der Waals surface area contributed by atoms with E-state index in [4.69, 9.17) is 4.74 Å². The molecule has 1 aromatic carbocycles. The summed E-state index contributed by atoms with van der Waals surface area (Å²) >= 11 is 0. The number of rotatable bonds is 10. The molecule has 120 valence electrons. The average Bonchev–Trinajstić information content (AvgIpc) is 2.47. The Bertz CT molecular complexity index is 389. The lowest BCUT2D eigenvalue weighted by Gasteiger charge is -2.31. The predicted octanol–water partition coefficient (Wildman–Crippen LogP) is 3.55. The van der Waals surface area contributed by atoms with Crippen LogP contribution in [0.2, 0.25) is 0 Å². The van der Waals surface area contributed by atoms with Crippen molar-refractivity contribution in [2.75, 3.05) is 13.2 Å². The van der Waals surface area contributed by atoms with Gasteiger partial charge in [0.2, 0.25) is 0 Å². The summed E-state index contributed by atoms with van der Waals surface area (Å²) in [5.41, 5.74) is 1.15. The highest BCUT2D eigenvalue weighted by Gasteiger charge is 2.22. The fourth-order valence-corrected chi connectivity index (χ4v) is 2.52. The summed E-state index contributed by atoms with van der Waals surface area (Å²) in [6, 6.07) is 8.69. The second-order valence-electron chi connectivity index (χ2n) is 6.32. The van der Waals surface area contributed by atoms with Gasteiger partial charge in [-0.3, -0.25) is 0 Å². The molecule has 0 aromatic heterocycles. The van der Waals surface area contributed by atoms with Crippen molar-refractivity contribution in [3.8, 4) is 5.75 Å². The van der Waals surface area contributed by atoms with Crippen molar-refractivity contribution in [1.29, 1.82) is 0 Å². The SMILES string of the molecule is CCc1ccc(OCCCCC(C)(CO)NC(C)C)cc1. The zero-order valence-electron chi connectivity index (χ0n) is 14.0. The zero-order valence-corrected chi connectivity index (χ0v) is 14.0. The number of hydrogen-bond acceptors (Lipinski definition) is 3. The first-order chi connectivity index (χ1) is 9.99. The van der Waals surface area contributed by atoms with Crippen molar-refractivity contribution in [1.82, 2.24) is 5.32 Å². The maximum Gasteiger partial charge on any atom is 0.119 e. The molecule has 0 aliphatic rings. The second-order valence-corrected chi connectivity index (χ2v) is 6.32. The number of aliphatic hydroxyl groups is 1. The van der Waals surface area contributed by atoms with Crippen LogP contribution in [0.4, 0.5) is 0 Å². The molecule has 2 N–H and O–H groups in total. The van der Waals surface area contributed by atoms with Gasteiger partial charge < -0.3 is 15.2 Å². The van der Waals surface area contributed by atoms with Crippen LogP contribution in [0, 0.1) is 0 Å². The number of unbranched alkanes of at least 4 members (excludes halogenated alkanes) is 1. The molecule has 0 fully saturated rings. The molecule has 0 spiro atoms. The quantitative estimate of drug-likeness (QED) is 0.648. The van der Waals surface area contributed by atoms with Crippen LogP contribution < -0.4 is 10.1 Å². The molecule has 3 heteroatoms. The lowest BCUT2D eigenvalue weighted by atomic mass is 9.95. The number of aliphatic hydroxyl groups excluding tert-OH is 1. The summed E-state index contributed by atoms with van der Waals surface area (Å²) in [5.74, 6) is 0.942. The molecule has 0 radical (unpaired) electrons. The molecule has 0 saturated heterocycles. The Balaban J connectivity index is 2.23. The van der Waals surface area contributed by atoms with E-state index in [0.29, 0.717) is 6.04 Å². The number of nitrogens with one attached hydrogen (secondary N) is 1. The van der Waals surface area contributed by atoms with Crippen LogP contribution in [0.5, 0.6) is 5.75 Å². The minimum Gasteiger partial charge on any atom is -0.494 e. The third kappa shape index (κ3) is 6.96. The van der Waals surface area contributed by atoms with Crippen LogP contribution >= 0.6 is 0 Å². The monoisotopic (exact) mass is 293 g/mol. The molecule has 1 rings (SSSR count). The summed E-state index contributed by atoms with van der Waals surface area (Å²) in [5, 5.41) is 13.0. The lowest BCUT2D eigenvalue weighted by Crippen LogP contribution is -2.49. The minimum absolute atomic E-state index is 0.171. The standard InChI is InChI=1S/C18H31NO2/c1-5-16-8-10-17(11-9-16)21-13-7-6-12-18(4,14-20)19-15(2)3/h8-11,15,19-20H,5-7,12-14H2,1-4H3. The van der Waals surface area contributed by atoms with Crippen LogP contribution in [0.25, 0.3) is 0 Å². The molecule has 3 nitrogen and oxygen atoms in total. The summed E-state index contributed by atoms with van der Waals surface area (Å²) in [6.07, 6.45) is 4.07. The van der Waals surface area contributed by atoms with E-state index < -0.39 is 0 Å². The molecule has 0 saturated carbocycles. The van der Waals surface area contributed by atoms with E-state index in [1.165, 1.54) is 5.56 Å². The maximum absolute atomic E-state index is 9.52. The Hall–Kier alpha value is -1.06.